The van der Waals surface area contributed by atoms with Gasteiger partial charge in [0, 0.05) is 23.3 Å². The number of nitrogens with zero attached hydrogens (tertiary/aromatic N) is 1. The van der Waals surface area contributed by atoms with Gasteiger partial charge in [-0.05, 0) is 12.1 Å². The monoisotopic (exact) mass is 212 g/mol. The number of hydrogen-bond acceptors (Lipinski definition) is 3. The maximum Gasteiger partial charge on any atom is 0.187 e. The lowest BCUT2D eigenvalue weighted by molar-refractivity contribution is 0.509. The van der Waals surface area contributed by atoms with Gasteiger partial charge in [0.05, 0.1) is 0 Å². The molecule has 14 heavy (non-hydrogen) atoms. The van der Waals surface area contributed by atoms with Crippen LogP contribution >= 0.6 is 11.3 Å². The molecular weight excluding hydrogens is 206 g/mol. The number of nitrogens with one attached hydrogen (secondary N) is 1. The Labute approximate surface area is 83.2 Å². The summed E-state index contributed by atoms with van der Waals surface area (Å²) in [5.74, 6) is -1.72. The largest absolute Gasteiger partial charge is 0.331 e. The van der Waals surface area contributed by atoms with E-state index in [0.717, 1.165) is 12.1 Å². The fourth-order valence-corrected chi connectivity index (χ4v) is 1.53. The fourth-order valence-electron chi connectivity index (χ4n) is 0.983. The van der Waals surface area contributed by atoms with E-state index >= 15 is 0 Å². The summed E-state index contributed by atoms with van der Waals surface area (Å²) >= 11 is 1.39. The molecule has 0 aliphatic heterocycles. The Morgan fingerprint density at radius 2 is 2.07 bits per heavy atom. The van der Waals surface area contributed by atoms with E-state index < -0.39 is 11.6 Å². The first kappa shape index (κ1) is 9.08. The van der Waals surface area contributed by atoms with Crippen molar-refractivity contribution in [1.29, 1.82) is 0 Å². The first-order valence-electron chi connectivity index (χ1n) is 3.87. The standard InChI is InChI=1S/C9H6F2N2S/c10-7-2-1-6(5-8(7)11)13-9-12-3-4-14-9/h1-5H,(H,12,13). The molecule has 0 spiro atoms. The number of rotatable bonds is 2. The lowest BCUT2D eigenvalue weighted by Crippen LogP contribution is -1.91. The molecule has 72 valence electrons. The highest BCUT2D eigenvalue weighted by atomic mass is 32.1. The molecule has 0 saturated heterocycles. The van der Waals surface area contributed by atoms with Gasteiger partial charge in [-0.25, -0.2) is 13.8 Å². The van der Waals surface area contributed by atoms with Crippen LogP contribution in [0, 0.1) is 11.6 Å². The molecule has 0 bridgehead atoms. The Morgan fingerprint density at radius 1 is 1.21 bits per heavy atom. The summed E-state index contributed by atoms with van der Waals surface area (Å²) in [4.78, 5) is 3.95. The maximum atomic E-state index is 12.8. The van der Waals surface area contributed by atoms with Gasteiger partial charge in [0.1, 0.15) is 0 Å². The molecule has 2 nitrogen and oxygen atoms in total. The Morgan fingerprint density at radius 3 is 2.71 bits per heavy atom. The van der Waals surface area contributed by atoms with Crippen molar-refractivity contribution < 1.29 is 8.78 Å². The molecule has 0 aliphatic carbocycles. The predicted octanol–water partition coefficient (Wildman–Crippen LogP) is 3.16. The summed E-state index contributed by atoms with van der Waals surface area (Å²) in [6, 6.07) is 3.63. The molecule has 1 heterocycles. The average molecular weight is 212 g/mol. The number of halogens is 2. The Bertz CT molecular complexity index is 428. The highest BCUT2D eigenvalue weighted by Crippen LogP contribution is 2.20. The molecule has 2 aromatic rings. The van der Waals surface area contributed by atoms with Crippen molar-refractivity contribution in [3.8, 4) is 0 Å². The highest BCUT2D eigenvalue weighted by molar-refractivity contribution is 7.13. The second kappa shape index (κ2) is 3.71. The van der Waals surface area contributed by atoms with Gasteiger partial charge in [0.25, 0.3) is 0 Å². The van der Waals surface area contributed by atoms with Crippen LogP contribution in [0.2, 0.25) is 0 Å². The van der Waals surface area contributed by atoms with E-state index in [1.165, 1.54) is 17.4 Å². The first-order valence-corrected chi connectivity index (χ1v) is 4.75. The zero-order chi connectivity index (χ0) is 9.97. The van der Waals surface area contributed by atoms with E-state index in [4.69, 9.17) is 0 Å². The molecule has 2 rings (SSSR count). The van der Waals surface area contributed by atoms with Gasteiger partial charge in [0.2, 0.25) is 0 Å². The van der Waals surface area contributed by atoms with Crippen LogP contribution in [0.15, 0.2) is 29.8 Å². The number of anilines is 2. The van der Waals surface area contributed by atoms with Crippen LogP contribution in [0.3, 0.4) is 0 Å². The number of hydrogen-bond donors (Lipinski definition) is 1. The van der Waals surface area contributed by atoms with E-state index in [9.17, 15) is 8.78 Å². The third kappa shape index (κ3) is 1.88. The third-order valence-electron chi connectivity index (χ3n) is 1.60. The number of aromatic nitrogens is 1. The molecule has 0 aliphatic rings. The number of benzene rings is 1. The third-order valence-corrected chi connectivity index (χ3v) is 2.29. The van der Waals surface area contributed by atoms with Crippen molar-refractivity contribution in [3.05, 3.63) is 41.4 Å². The van der Waals surface area contributed by atoms with Crippen LogP contribution in [-0.4, -0.2) is 4.98 Å². The van der Waals surface area contributed by atoms with Crippen molar-refractivity contribution in [3.63, 3.8) is 0 Å². The minimum absolute atomic E-state index is 0.485. The molecule has 0 radical (unpaired) electrons. The van der Waals surface area contributed by atoms with E-state index in [-0.39, 0.29) is 0 Å². The minimum atomic E-state index is -0.869. The summed E-state index contributed by atoms with van der Waals surface area (Å²) in [7, 11) is 0. The molecule has 1 aromatic heterocycles. The summed E-state index contributed by atoms with van der Waals surface area (Å²) in [6.07, 6.45) is 1.63. The highest BCUT2D eigenvalue weighted by Gasteiger charge is 2.03. The van der Waals surface area contributed by atoms with Crippen LogP contribution in [0.1, 0.15) is 0 Å². The lowest BCUT2D eigenvalue weighted by Gasteiger charge is -2.02. The molecule has 0 fully saturated rings. The van der Waals surface area contributed by atoms with Crippen LogP contribution < -0.4 is 5.32 Å². The second-order valence-corrected chi connectivity index (χ2v) is 3.49. The van der Waals surface area contributed by atoms with Crippen molar-refractivity contribution in [2.24, 2.45) is 0 Å². The van der Waals surface area contributed by atoms with Gasteiger partial charge in [-0.15, -0.1) is 11.3 Å². The second-order valence-electron chi connectivity index (χ2n) is 2.59. The molecule has 0 atom stereocenters. The van der Waals surface area contributed by atoms with Gasteiger partial charge < -0.3 is 5.32 Å². The van der Waals surface area contributed by atoms with E-state index in [0.29, 0.717) is 10.8 Å². The maximum absolute atomic E-state index is 12.8. The zero-order valence-corrected chi connectivity index (χ0v) is 7.81. The summed E-state index contributed by atoms with van der Waals surface area (Å²) < 4.78 is 25.3. The van der Waals surface area contributed by atoms with Gasteiger partial charge >= 0.3 is 0 Å². The van der Waals surface area contributed by atoms with E-state index in [2.05, 4.69) is 10.3 Å². The summed E-state index contributed by atoms with van der Waals surface area (Å²) in [5.41, 5.74) is 0.485. The molecule has 5 heteroatoms. The average Bonchev–Trinajstić information content (AvgIpc) is 2.64. The predicted molar refractivity (Wildman–Crippen MR) is 51.8 cm³/mol. The van der Waals surface area contributed by atoms with Crippen LogP contribution in [0.4, 0.5) is 19.6 Å². The molecule has 0 unspecified atom stereocenters. The SMILES string of the molecule is Fc1ccc(Nc2nccs2)cc1F. The number of thiazole rings is 1. The summed E-state index contributed by atoms with van der Waals surface area (Å²) in [6.45, 7) is 0. The molecule has 1 aromatic carbocycles. The molecular formula is C9H6F2N2S. The van der Waals surface area contributed by atoms with E-state index in [1.54, 1.807) is 11.6 Å². The van der Waals surface area contributed by atoms with Crippen LogP contribution in [-0.2, 0) is 0 Å². The van der Waals surface area contributed by atoms with Gasteiger partial charge in [-0.1, -0.05) is 0 Å². The Balaban J connectivity index is 2.22. The minimum Gasteiger partial charge on any atom is -0.331 e. The van der Waals surface area contributed by atoms with Crippen LogP contribution in [0.5, 0.6) is 0 Å². The Kier molecular flexibility index (Phi) is 2.41. The van der Waals surface area contributed by atoms with Crippen molar-refractivity contribution in [2.45, 2.75) is 0 Å². The molecule has 0 amide bonds. The van der Waals surface area contributed by atoms with E-state index in [1.807, 2.05) is 0 Å². The van der Waals surface area contributed by atoms with Gasteiger partial charge in [-0.2, -0.15) is 0 Å². The summed E-state index contributed by atoms with van der Waals surface area (Å²) in [5, 5.41) is 5.30. The van der Waals surface area contributed by atoms with Crippen molar-refractivity contribution in [1.82, 2.24) is 4.98 Å². The van der Waals surface area contributed by atoms with Crippen molar-refractivity contribution in [2.75, 3.05) is 5.32 Å². The fraction of sp³-hybridized carbons (Fsp3) is 0. The normalized spacial score (nSPS) is 10.1. The Hall–Kier alpha value is -1.49. The quantitative estimate of drug-likeness (QED) is 0.827. The smallest absolute Gasteiger partial charge is 0.187 e. The first-order chi connectivity index (χ1) is 6.75. The van der Waals surface area contributed by atoms with Crippen LogP contribution in [0.25, 0.3) is 0 Å². The molecule has 0 saturated carbocycles. The van der Waals surface area contributed by atoms with Gasteiger partial charge in [-0.3, -0.25) is 0 Å². The zero-order valence-electron chi connectivity index (χ0n) is 7.00. The van der Waals surface area contributed by atoms with Gasteiger partial charge in [0.15, 0.2) is 16.8 Å². The molecule has 1 N–H and O–H groups in total. The van der Waals surface area contributed by atoms with Crippen molar-refractivity contribution >= 4 is 22.2 Å². The topological polar surface area (TPSA) is 24.9 Å². The lowest BCUT2D eigenvalue weighted by atomic mass is 10.3.